The van der Waals surface area contributed by atoms with E-state index < -0.39 is 17.5 Å². The van der Waals surface area contributed by atoms with Crippen LogP contribution in [0.5, 0.6) is 0 Å². The maximum absolute atomic E-state index is 13.3. The minimum atomic E-state index is -1.26. The second-order valence-corrected chi connectivity index (χ2v) is 7.66. The minimum absolute atomic E-state index is 0.196. The third kappa shape index (κ3) is 7.09. The van der Waals surface area contributed by atoms with Gasteiger partial charge in [0.05, 0.1) is 5.69 Å². The number of nitrogens with zero attached hydrogens (tertiary/aromatic N) is 2. The number of benzene rings is 1. The maximum atomic E-state index is 13.3. The normalized spacial score (nSPS) is 15.3. The van der Waals surface area contributed by atoms with Crippen molar-refractivity contribution in [2.75, 3.05) is 13.1 Å². The second-order valence-electron chi connectivity index (χ2n) is 7.66. The molecule has 1 fully saturated rings. The van der Waals surface area contributed by atoms with Crippen LogP contribution in [-0.4, -0.2) is 57.0 Å². The monoisotopic (exact) mass is 465 g/mol. The lowest BCUT2D eigenvalue weighted by Gasteiger charge is -2.32. The zero-order valence-corrected chi connectivity index (χ0v) is 18.5. The topological polar surface area (TPSA) is 156 Å². The van der Waals surface area contributed by atoms with Crippen LogP contribution < -0.4 is 5.73 Å². The highest BCUT2D eigenvalue weighted by atomic mass is 19.1. The number of rotatable bonds is 7. The van der Waals surface area contributed by atoms with Crippen molar-refractivity contribution in [3.8, 4) is 0 Å². The van der Waals surface area contributed by atoms with Crippen LogP contribution in [0.2, 0.25) is 0 Å². The summed E-state index contributed by atoms with van der Waals surface area (Å²) in [6, 6.07) is 4.46. The Bertz CT molecular complexity index is 993. The highest BCUT2D eigenvalue weighted by Gasteiger charge is 2.35. The zero-order valence-electron chi connectivity index (χ0n) is 18.5. The molecule has 0 saturated carbocycles. The second kappa shape index (κ2) is 11.5. The molecule has 0 radical (unpaired) electrons. The Hall–Kier alpha value is -3.31. The van der Waals surface area contributed by atoms with Crippen molar-refractivity contribution in [3.63, 3.8) is 0 Å². The molecule has 10 nitrogen and oxygen atoms in total. The molecule has 0 bridgehead atoms. The molecular weight excluding hydrogens is 437 g/mol. The van der Waals surface area contributed by atoms with Crippen molar-refractivity contribution >= 4 is 28.9 Å². The number of halogens is 1. The molecule has 0 unspecified atom stereocenters. The van der Waals surface area contributed by atoms with Crippen molar-refractivity contribution in [1.29, 1.82) is 0 Å². The predicted octanol–water partition coefficient (Wildman–Crippen LogP) is 2.83. The van der Waals surface area contributed by atoms with Crippen molar-refractivity contribution in [3.05, 3.63) is 41.9 Å². The zero-order chi connectivity index (χ0) is 24.6. The van der Waals surface area contributed by atoms with Crippen LogP contribution in [0.1, 0.15) is 51.1 Å². The average Bonchev–Trinajstić information content (AvgIpc) is 3.21. The van der Waals surface area contributed by atoms with Crippen LogP contribution >= 0.6 is 0 Å². The van der Waals surface area contributed by atoms with E-state index in [-0.39, 0.29) is 17.7 Å². The smallest absolute Gasteiger partial charge is 0.344 e. The first kappa shape index (κ1) is 25.9. The Morgan fingerprint density at radius 1 is 1.21 bits per heavy atom. The third-order valence-corrected chi connectivity index (χ3v) is 5.55. The van der Waals surface area contributed by atoms with Crippen molar-refractivity contribution in [2.24, 2.45) is 5.73 Å². The van der Waals surface area contributed by atoms with Crippen LogP contribution in [-0.2, 0) is 19.2 Å². The van der Waals surface area contributed by atoms with Crippen LogP contribution in [0.3, 0.4) is 0 Å². The Balaban J connectivity index is 0.000000414. The van der Waals surface area contributed by atoms with Gasteiger partial charge in [0, 0.05) is 42.6 Å². The molecule has 1 aliphatic rings. The van der Waals surface area contributed by atoms with Crippen molar-refractivity contribution in [1.82, 2.24) is 10.2 Å². The van der Waals surface area contributed by atoms with Crippen LogP contribution in [0.25, 0.3) is 11.0 Å². The minimum Gasteiger partial charge on any atom is -0.478 e. The number of hydrogen-bond donors (Lipinski definition) is 3. The van der Waals surface area contributed by atoms with Gasteiger partial charge in [-0.15, -0.1) is 5.06 Å². The summed E-state index contributed by atoms with van der Waals surface area (Å²) >= 11 is 0. The van der Waals surface area contributed by atoms with E-state index in [9.17, 15) is 18.8 Å². The summed E-state index contributed by atoms with van der Waals surface area (Å²) in [6.07, 6.45) is 3.76. The fraction of sp³-hybridized carbons (Fsp3) is 0.455. The van der Waals surface area contributed by atoms with Crippen LogP contribution in [0.15, 0.2) is 34.9 Å². The van der Waals surface area contributed by atoms with E-state index in [4.69, 9.17) is 25.3 Å². The first-order valence-corrected chi connectivity index (χ1v) is 10.5. The summed E-state index contributed by atoms with van der Waals surface area (Å²) in [4.78, 5) is 36.9. The van der Waals surface area contributed by atoms with Gasteiger partial charge in [-0.25, -0.2) is 18.8 Å². The Morgan fingerprint density at radius 3 is 2.30 bits per heavy atom. The lowest BCUT2D eigenvalue weighted by molar-refractivity contribution is -0.202. The average molecular weight is 465 g/mol. The van der Waals surface area contributed by atoms with Gasteiger partial charge in [-0.2, -0.15) is 0 Å². The highest BCUT2D eigenvalue weighted by Crippen LogP contribution is 2.33. The summed E-state index contributed by atoms with van der Waals surface area (Å²) < 4.78 is 18.5. The van der Waals surface area contributed by atoms with Gasteiger partial charge in [0.15, 0.2) is 5.58 Å². The number of fused-ring (bicyclic) bond motifs is 1. The summed E-state index contributed by atoms with van der Waals surface area (Å²) in [7, 11) is 0. The number of carbonyl (C=O) groups is 3. The van der Waals surface area contributed by atoms with Gasteiger partial charge < -0.3 is 25.3 Å². The Kier molecular flexibility index (Phi) is 9.06. The molecule has 1 aliphatic heterocycles. The molecule has 2 aromatic rings. The van der Waals surface area contributed by atoms with E-state index >= 15 is 0 Å². The molecular formula is C22H28FN3O7. The number of aliphatic carboxylic acids is 2. The Morgan fingerprint density at radius 2 is 1.79 bits per heavy atom. The van der Waals surface area contributed by atoms with E-state index in [2.05, 4.69) is 5.16 Å². The molecule has 0 atom stereocenters. The molecule has 0 aliphatic carbocycles. The molecule has 3 rings (SSSR count). The lowest BCUT2D eigenvalue weighted by atomic mass is 9.92. The van der Waals surface area contributed by atoms with Crippen LogP contribution in [0, 0.1) is 5.82 Å². The van der Waals surface area contributed by atoms with Crippen molar-refractivity contribution in [2.45, 2.75) is 51.0 Å². The number of aromatic nitrogens is 1. The van der Waals surface area contributed by atoms with Gasteiger partial charge in [-0.1, -0.05) is 19.0 Å². The molecule has 180 valence electrons. The fourth-order valence-corrected chi connectivity index (χ4v) is 3.34. The fourth-order valence-electron chi connectivity index (χ4n) is 3.34. The lowest BCUT2D eigenvalue weighted by Crippen LogP contribution is -2.51. The van der Waals surface area contributed by atoms with Gasteiger partial charge in [0.2, 0.25) is 0 Å². The van der Waals surface area contributed by atoms with Gasteiger partial charge in [-0.05, 0) is 37.8 Å². The van der Waals surface area contributed by atoms with E-state index in [1.54, 1.807) is 11.1 Å². The molecule has 4 N–H and O–H groups in total. The maximum Gasteiger partial charge on any atom is 0.344 e. The summed E-state index contributed by atoms with van der Waals surface area (Å²) in [5.41, 5.74) is 6.46. The van der Waals surface area contributed by atoms with Gasteiger partial charge in [0.25, 0.3) is 0 Å². The van der Waals surface area contributed by atoms with E-state index in [1.807, 2.05) is 13.8 Å². The molecule has 0 amide bonds. The van der Waals surface area contributed by atoms with Crippen LogP contribution in [0.4, 0.5) is 4.39 Å². The molecule has 1 aromatic carbocycles. The molecule has 11 heteroatoms. The van der Waals surface area contributed by atoms with E-state index in [0.717, 1.165) is 23.9 Å². The SMILES string of the molecule is CCC(N)(CC)C(=O)ON1CCC(c2noc3cc(F)ccc23)CC1.O=C(O)C=CC(=O)O. The number of carboxylic acids is 2. The molecule has 0 spiro atoms. The Labute approximate surface area is 189 Å². The van der Waals surface area contributed by atoms with Gasteiger partial charge in [0.1, 0.15) is 11.4 Å². The van der Waals surface area contributed by atoms with Crippen molar-refractivity contribution < 1.29 is 38.3 Å². The van der Waals surface area contributed by atoms with Gasteiger partial charge >= 0.3 is 17.9 Å². The highest BCUT2D eigenvalue weighted by molar-refractivity contribution is 5.89. The largest absolute Gasteiger partial charge is 0.478 e. The number of carbonyl (C=O) groups excluding carboxylic acids is 1. The molecule has 1 aromatic heterocycles. The predicted molar refractivity (Wildman–Crippen MR) is 116 cm³/mol. The number of hydroxylamine groups is 2. The van der Waals surface area contributed by atoms with E-state index in [1.165, 1.54) is 12.1 Å². The number of hydrogen-bond acceptors (Lipinski definition) is 8. The first-order chi connectivity index (χ1) is 15.6. The summed E-state index contributed by atoms with van der Waals surface area (Å²) in [5.74, 6) is -3.03. The summed E-state index contributed by atoms with van der Waals surface area (Å²) in [5, 5.41) is 22.3. The van der Waals surface area contributed by atoms with Gasteiger partial charge in [-0.3, -0.25) is 0 Å². The summed E-state index contributed by atoms with van der Waals surface area (Å²) in [6.45, 7) is 4.98. The number of carboxylic acid groups (broad SMARTS) is 2. The molecule has 1 saturated heterocycles. The standard InChI is InChI=1S/C18H24FN3O3.C4H4O4/c1-3-18(20,4-2)17(23)25-22-9-7-12(8-10-22)16-14-6-5-13(19)11-15(14)24-21-16;5-3(6)1-2-4(7)8/h5-6,11-12H,3-4,7-10,20H2,1-2H3;1-2H,(H,5,6)(H,7,8). The number of nitrogens with two attached hydrogens (primary N) is 1. The molecule has 33 heavy (non-hydrogen) atoms. The molecule has 2 heterocycles. The third-order valence-electron chi connectivity index (χ3n) is 5.55. The van der Waals surface area contributed by atoms with E-state index in [0.29, 0.717) is 43.7 Å². The quantitative estimate of drug-likeness (QED) is 0.520. The first-order valence-electron chi connectivity index (χ1n) is 10.5. The number of piperidine rings is 1.